The maximum Gasteiger partial charge on any atom is 0.358 e. The second-order valence-corrected chi connectivity index (χ2v) is 4.00. The maximum atomic E-state index is 10.9. The Balaban J connectivity index is 2.40. The molecular formula is C10H13NO3. The molecule has 4 heteroatoms. The van der Waals surface area contributed by atoms with Crippen LogP contribution >= 0.6 is 0 Å². The fraction of sp³-hybridized carbons (Fsp3) is 0.600. The molecule has 0 radical (unpaired) electrons. The van der Waals surface area contributed by atoms with Gasteiger partial charge in [0, 0.05) is 11.8 Å². The Morgan fingerprint density at radius 3 is 2.64 bits per heavy atom. The number of carboxylic acids is 1. The fourth-order valence-corrected chi connectivity index (χ4v) is 1.37. The summed E-state index contributed by atoms with van der Waals surface area (Å²) >= 11 is 0. The highest BCUT2D eigenvalue weighted by Crippen LogP contribution is 2.42. The van der Waals surface area contributed by atoms with Gasteiger partial charge in [-0.2, -0.15) is 0 Å². The van der Waals surface area contributed by atoms with Crippen LogP contribution in [0, 0.1) is 0 Å². The Hall–Kier alpha value is -1.32. The van der Waals surface area contributed by atoms with E-state index in [-0.39, 0.29) is 11.6 Å². The molecule has 1 aliphatic rings. The molecule has 1 aliphatic carbocycles. The molecule has 1 fully saturated rings. The third kappa shape index (κ3) is 1.52. The van der Waals surface area contributed by atoms with E-state index >= 15 is 0 Å². The Morgan fingerprint density at radius 2 is 2.21 bits per heavy atom. The predicted octanol–water partition coefficient (Wildman–Crippen LogP) is 2.37. The number of carbonyl (C=O) groups is 1. The zero-order chi connectivity index (χ0) is 10.3. The molecule has 0 atom stereocenters. The lowest BCUT2D eigenvalue weighted by Gasteiger charge is -1.95. The lowest BCUT2D eigenvalue weighted by Crippen LogP contribution is -2.00. The van der Waals surface area contributed by atoms with Crippen LogP contribution in [-0.2, 0) is 0 Å². The first-order valence-corrected chi connectivity index (χ1v) is 4.83. The van der Waals surface area contributed by atoms with Gasteiger partial charge in [0.15, 0.2) is 11.6 Å². The zero-order valence-electron chi connectivity index (χ0n) is 8.28. The van der Waals surface area contributed by atoms with E-state index in [2.05, 4.69) is 4.98 Å². The van der Waals surface area contributed by atoms with E-state index in [1.807, 2.05) is 13.8 Å². The van der Waals surface area contributed by atoms with E-state index in [4.69, 9.17) is 9.52 Å². The second-order valence-electron chi connectivity index (χ2n) is 4.00. The van der Waals surface area contributed by atoms with Crippen molar-refractivity contribution in [2.75, 3.05) is 0 Å². The molecule has 0 amide bonds. The summed E-state index contributed by atoms with van der Waals surface area (Å²) in [5.74, 6) is 0.551. The molecule has 0 saturated heterocycles. The van der Waals surface area contributed by atoms with Crippen LogP contribution in [0.5, 0.6) is 0 Å². The molecule has 1 heterocycles. The number of aromatic carboxylic acids is 1. The molecule has 2 rings (SSSR count). The average molecular weight is 195 g/mol. The van der Waals surface area contributed by atoms with Gasteiger partial charge in [-0.05, 0) is 12.8 Å². The van der Waals surface area contributed by atoms with E-state index < -0.39 is 5.97 Å². The van der Waals surface area contributed by atoms with Gasteiger partial charge in [0.25, 0.3) is 0 Å². The molecule has 14 heavy (non-hydrogen) atoms. The van der Waals surface area contributed by atoms with Crippen molar-refractivity contribution < 1.29 is 14.3 Å². The predicted molar refractivity (Wildman–Crippen MR) is 49.5 cm³/mol. The van der Waals surface area contributed by atoms with Gasteiger partial charge in [0.1, 0.15) is 5.76 Å². The Morgan fingerprint density at radius 1 is 1.57 bits per heavy atom. The van der Waals surface area contributed by atoms with Crippen molar-refractivity contribution in [2.45, 2.75) is 38.5 Å². The first-order chi connectivity index (χ1) is 6.59. The molecular weight excluding hydrogens is 182 g/mol. The summed E-state index contributed by atoms with van der Waals surface area (Å²) in [5.41, 5.74) is 0.108. The molecule has 1 aromatic heterocycles. The van der Waals surface area contributed by atoms with Gasteiger partial charge in [-0.3, -0.25) is 0 Å². The van der Waals surface area contributed by atoms with Crippen LogP contribution in [-0.4, -0.2) is 16.1 Å². The molecule has 0 spiro atoms. The highest BCUT2D eigenvalue weighted by molar-refractivity contribution is 5.86. The normalized spacial score (nSPS) is 16.2. The first-order valence-electron chi connectivity index (χ1n) is 4.83. The van der Waals surface area contributed by atoms with Crippen molar-refractivity contribution >= 4 is 5.97 Å². The smallest absolute Gasteiger partial charge is 0.358 e. The van der Waals surface area contributed by atoms with Gasteiger partial charge in [-0.25, -0.2) is 9.78 Å². The molecule has 0 aromatic carbocycles. The zero-order valence-corrected chi connectivity index (χ0v) is 8.28. The lowest BCUT2D eigenvalue weighted by atomic mass is 10.2. The summed E-state index contributed by atoms with van der Waals surface area (Å²) in [7, 11) is 0. The van der Waals surface area contributed by atoms with Crippen molar-refractivity contribution in [1.29, 1.82) is 0 Å². The van der Waals surface area contributed by atoms with Gasteiger partial charge in [0.05, 0.1) is 0 Å². The molecule has 4 nitrogen and oxygen atoms in total. The van der Waals surface area contributed by atoms with Gasteiger partial charge in [-0.15, -0.1) is 0 Å². The number of oxazole rings is 1. The van der Waals surface area contributed by atoms with E-state index in [0.717, 1.165) is 12.8 Å². The summed E-state index contributed by atoms with van der Waals surface area (Å²) in [6.45, 7) is 3.88. The van der Waals surface area contributed by atoms with Crippen LogP contribution in [0.15, 0.2) is 4.42 Å². The first kappa shape index (κ1) is 9.24. The monoisotopic (exact) mass is 195 g/mol. The summed E-state index contributed by atoms with van der Waals surface area (Å²) in [6.07, 6.45) is 2.04. The molecule has 76 valence electrons. The van der Waals surface area contributed by atoms with E-state index in [9.17, 15) is 4.79 Å². The molecule has 0 bridgehead atoms. The number of rotatable bonds is 3. The standard InChI is InChI=1S/C10H13NO3/c1-5(2)9-11-7(10(12)13)8(14-9)6-3-4-6/h5-6H,3-4H2,1-2H3,(H,12,13). The highest BCUT2D eigenvalue weighted by Gasteiger charge is 2.34. The van der Waals surface area contributed by atoms with Crippen molar-refractivity contribution in [3.8, 4) is 0 Å². The van der Waals surface area contributed by atoms with E-state index in [1.165, 1.54) is 0 Å². The molecule has 0 unspecified atom stereocenters. The van der Waals surface area contributed by atoms with Crippen LogP contribution in [0.25, 0.3) is 0 Å². The minimum Gasteiger partial charge on any atom is -0.476 e. The van der Waals surface area contributed by atoms with Crippen molar-refractivity contribution in [3.05, 3.63) is 17.3 Å². The minimum atomic E-state index is -0.984. The van der Waals surface area contributed by atoms with Crippen LogP contribution in [0.4, 0.5) is 0 Å². The Bertz CT molecular complexity index is 363. The number of nitrogens with zero attached hydrogens (tertiary/aromatic N) is 1. The molecule has 1 N–H and O–H groups in total. The Labute approximate surface area is 81.9 Å². The molecule has 1 aromatic rings. The number of hydrogen-bond donors (Lipinski definition) is 1. The summed E-state index contributed by atoms with van der Waals surface area (Å²) in [4.78, 5) is 14.9. The van der Waals surface area contributed by atoms with Crippen LogP contribution in [0.2, 0.25) is 0 Å². The lowest BCUT2D eigenvalue weighted by molar-refractivity contribution is 0.0688. The van der Waals surface area contributed by atoms with Gasteiger partial charge >= 0.3 is 5.97 Å². The van der Waals surface area contributed by atoms with Crippen LogP contribution in [0.1, 0.15) is 60.7 Å². The van der Waals surface area contributed by atoms with Crippen LogP contribution < -0.4 is 0 Å². The van der Waals surface area contributed by atoms with Gasteiger partial charge < -0.3 is 9.52 Å². The van der Waals surface area contributed by atoms with E-state index in [1.54, 1.807) is 0 Å². The number of carboxylic acid groups (broad SMARTS) is 1. The minimum absolute atomic E-state index is 0.108. The summed E-state index contributed by atoms with van der Waals surface area (Å²) < 4.78 is 5.47. The Kier molecular flexibility index (Phi) is 2.06. The topological polar surface area (TPSA) is 63.3 Å². The average Bonchev–Trinajstić information content (AvgIpc) is 2.83. The van der Waals surface area contributed by atoms with Gasteiger partial charge in [0.2, 0.25) is 0 Å². The second kappa shape index (κ2) is 3.12. The summed E-state index contributed by atoms with van der Waals surface area (Å²) in [6, 6.07) is 0. The SMILES string of the molecule is CC(C)c1nc(C(=O)O)c(C2CC2)o1. The third-order valence-electron chi connectivity index (χ3n) is 2.31. The molecule has 1 saturated carbocycles. The number of aromatic nitrogens is 1. The fourth-order valence-electron chi connectivity index (χ4n) is 1.37. The quantitative estimate of drug-likeness (QED) is 0.804. The van der Waals surface area contributed by atoms with Crippen LogP contribution in [0.3, 0.4) is 0 Å². The highest BCUT2D eigenvalue weighted by atomic mass is 16.4. The largest absolute Gasteiger partial charge is 0.476 e. The van der Waals surface area contributed by atoms with Crippen molar-refractivity contribution in [3.63, 3.8) is 0 Å². The van der Waals surface area contributed by atoms with Gasteiger partial charge in [-0.1, -0.05) is 13.8 Å². The molecule has 0 aliphatic heterocycles. The van der Waals surface area contributed by atoms with Crippen molar-refractivity contribution in [2.24, 2.45) is 0 Å². The van der Waals surface area contributed by atoms with E-state index in [0.29, 0.717) is 17.6 Å². The number of hydrogen-bond acceptors (Lipinski definition) is 3. The third-order valence-corrected chi connectivity index (χ3v) is 2.31. The van der Waals surface area contributed by atoms with Crippen molar-refractivity contribution in [1.82, 2.24) is 4.98 Å². The maximum absolute atomic E-state index is 10.9. The summed E-state index contributed by atoms with van der Waals surface area (Å²) in [5, 5.41) is 8.91.